The Balaban J connectivity index is 3.07. The zero-order valence-electron chi connectivity index (χ0n) is 13.7. The molecule has 1 amide bonds. The molecule has 2 heteroatoms. The summed E-state index contributed by atoms with van der Waals surface area (Å²) in [6.07, 6.45) is 4.01. The predicted molar refractivity (Wildman–Crippen MR) is 87.2 cm³/mol. The SMILES string of the molecule is CCCCN(C(=O)C(C)(C)CC)c1cccc(CC)c1. The zero-order valence-corrected chi connectivity index (χ0v) is 13.7. The van der Waals surface area contributed by atoms with Gasteiger partial charge in [-0.3, -0.25) is 4.79 Å². The van der Waals surface area contributed by atoms with E-state index in [-0.39, 0.29) is 11.3 Å². The molecule has 2 nitrogen and oxygen atoms in total. The van der Waals surface area contributed by atoms with E-state index < -0.39 is 0 Å². The van der Waals surface area contributed by atoms with Crippen LogP contribution in [0.1, 0.15) is 59.4 Å². The van der Waals surface area contributed by atoms with Crippen LogP contribution >= 0.6 is 0 Å². The number of hydrogen-bond donors (Lipinski definition) is 0. The number of hydrogen-bond acceptors (Lipinski definition) is 1. The van der Waals surface area contributed by atoms with Crippen molar-refractivity contribution in [1.29, 1.82) is 0 Å². The highest BCUT2D eigenvalue weighted by Gasteiger charge is 2.30. The third kappa shape index (κ3) is 4.09. The minimum Gasteiger partial charge on any atom is -0.312 e. The molecule has 0 bridgehead atoms. The molecule has 0 saturated heterocycles. The minimum atomic E-state index is -0.296. The molecule has 0 atom stereocenters. The fourth-order valence-electron chi connectivity index (χ4n) is 2.12. The standard InChI is InChI=1S/C18H29NO/c1-6-9-13-19(17(20)18(4,5)8-3)16-12-10-11-15(7-2)14-16/h10-12,14H,6-9,13H2,1-5H3. The highest BCUT2D eigenvalue weighted by molar-refractivity contribution is 5.97. The van der Waals surface area contributed by atoms with E-state index in [1.165, 1.54) is 5.56 Å². The van der Waals surface area contributed by atoms with E-state index in [1.54, 1.807) is 0 Å². The van der Waals surface area contributed by atoms with Crippen LogP contribution in [0.25, 0.3) is 0 Å². The van der Waals surface area contributed by atoms with Gasteiger partial charge >= 0.3 is 0 Å². The van der Waals surface area contributed by atoms with Crippen molar-refractivity contribution in [3.8, 4) is 0 Å². The average Bonchev–Trinajstić information content (AvgIpc) is 2.47. The van der Waals surface area contributed by atoms with Gasteiger partial charge in [0.2, 0.25) is 5.91 Å². The molecule has 0 N–H and O–H groups in total. The highest BCUT2D eigenvalue weighted by Crippen LogP contribution is 2.27. The maximum Gasteiger partial charge on any atom is 0.232 e. The van der Waals surface area contributed by atoms with Gasteiger partial charge in [-0.15, -0.1) is 0 Å². The first-order valence-electron chi connectivity index (χ1n) is 7.87. The summed E-state index contributed by atoms with van der Waals surface area (Å²) in [5.74, 6) is 0.238. The second-order valence-electron chi connectivity index (χ2n) is 6.07. The van der Waals surface area contributed by atoms with E-state index in [4.69, 9.17) is 0 Å². The minimum absolute atomic E-state index is 0.238. The maximum absolute atomic E-state index is 12.8. The van der Waals surface area contributed by atoms with E-state index >= 15 is 0 Å². The quantitative estimate of drug-likeness (QED) is 0.698. The Labute approximate surface area is 124 Å². The molecule has 0 aliphatic rings. The third-order valence-electron chi connectivity index (χ3n) is 4.07. The lowest BCUT2D eigenvalue weighted by Crippen LogP contribution is -2.41. The van der Waals surface area contributed by atoms with Crippen LogP contribution in [0.5, 0.6) is 0 Å². The van der Waals surface area contributed by atoms with E-state index in [1.807, 2.05) is 18.7 Å². The fourth-order valence-corrected chi connectivity index (χ4v) is 2.12. The first-order valence-corrected chi connectivity index (χ1v) is 7.87. The van der Waals surface area contributed by atoms with Crippen molar-refractivity contribution < 1.29 is 4.79 Å². The van der Waals surface area contributed by atoms with Crippen LogP contribution in [0, 0.1) is 5.41 Å². The Morgan fingerprint density at radius 2 is 1.90 bits per heavy atom. The molecule has 112 valence electrons. The second-order valence-corrected chi connectivity index (χ2v) is 6.07. The zero-order chi connectivity index (χ0) is 15.2. The predicted octanol–water partition coefficient (Wildman–Crippen LogP) is 4.82. The number of carbonyl (C=O) groups excluding carboxylic acids is 1. The summed E-state index contributed by atoms with van der Waals surface area (Å²) >= 11 is 0. The van der Waals surface area contributed by atoms with Gasteiger partial charge in [0.1, 0.15) is 0 Å². The van der Waals surface area contributed by atoms with Crippen molar-refractivity contribution in [3.63, 3.8) is 0 Å². The molecular formula is C18H29NO. The largest absolute Gasteiger partial charge is 0.312 e. The second kappa shape index (κ2) is 7.47. The number of carbonyl (C=O) groups is 1. The smallest absolute Gasteiger partial charge is 0.232 e. The summed E-state index contributed by atoms with van der Waals surface area (Å²) in [7, 11) is 0. The van der Waals surface area contributed by atoms with Crippen LogP contribution in [0.3, 0.4) is 0 Å². The molecule has 0 aliphatic heterocycles. The normalized spacial score (nSPS) is 11.4. The van der Waals surface area contributed by atoms with E-state index in [9.17, 15) is 4.79 Å². The summed E-state index contributed by atoms with van der Waals surface area (Å²) < 4.78 is 0. The number of amides is 1. The maximum atomic E-state index is 12.8. The summed E-state index contributed by atoms with van der Waals surface area (Å²) in [4.78, 5) is 14.8. The van der Waals surface area contributed by atoms with Gasteiger partial charge in [0.15, 0.2) is 0 Å². The van der Waals surface area contributed by atoms with Crippen LogP contribution < -0.4 is 4.90 Å². The molecule has 1 aromatic carbocycles. The van der Waals surface area contributed by atoms with Crippen LogP contribution in [0.2, 0.25) is 0 Å². The van der Waals surface area contributed by atoms with Crippen molar-refractivity contribution in [2.75, 3.05) is 11.4 Å². The van der Waals surface area contributed by atoms with Gasteiger partial charge in [-0.1, -0.05) is 53.2 Å². The lowest BCUT2D eigenvalue weighted by molar-refractivity contribution is -0.126. The van der Waals surface area contributed by atoms with Gasteiger partial charge < -0.3 is 4.90 Å². The van der Waals surface area contributed by atoms with Crippen molar-refractivity contribution in [1.82, 2.24) is 0 Å². The number of anilines is 1. The molecule has 0 aliphatic carbocycles. The third-order valence-corrected chi connectivity index (χ3v) is 4.07. The summed E-state index contributed by atoms with van der Waals surface area (Å²) in [5.41, 5.74) is 2.03. The summed E-state index contributed by atoms with van der Waals surface area (Å²) in [6, 6.07) is 8.38. The van der Waals surface area contributed by atoms with Gasteiger partial charge in [0.25, 0.3) is 0 Å². The summed E-state index contributed by atoms with van der Waals surface area (Å²) in [5, 5.41) is 0. The number of aryl methyl sites for hydroxylation is 1. The Morgan fingerprint density at radius 3 is 2.45 bits per heavy atom. The van der Waals surface area contributed by atoms with Crippen LogP contribution in [-0.4, -0.2) is 12.5 Å². The molecule has 0 spiro atoms. The lowest BCUT2D eigenvalue weighted by Gasteiger charge is -2.31. The van der Waals surface area contributed by atoms with Crippen molar-refractivity contribution in [3.05, 3.63) is 29.8 Å². The molecule has 1 rings (SSSR count). The molecule has 20 heavy (non-hydrogen) atoms. The van der Waals surface area contributed by atoms with Crippen molar-refractivity contribution in [2.45, 2.75) is 60.3 Å². The average molecular weight is 275 g/mol. The summed E-state index contributed by atoms with van der Waals surface area (Å²) in [6.45, 7) is 11.3. The Kier molecular flexibility index (Phi) is 6.25. The number of nitrogens with zero attached hydrogens (tertiary/aromatic N) is 1. The molecule has 0 fully saturated rings. The molecular weight excluding hydrogens is 246 g/mol. The lowest BCUT2D eigenvalue weighted by atomic mass is 9.88. The Morgan fingerprint density at radius 1 is 1.20 bits per heavy atom. The topological polar surface area (TPSA) is 20.3 Å². The van der Waals surface area contributed by atoms with E-state index in [0.29, 0.717) is 0 Å². The number of benzene rings is 1. The molecule has 0 heterocycles. The van der Waals surface area contributed by atoms with E-state index in [2.05, 4.69) is 45.0 Å². The van der Waals surface area contributed by atoms with Crippen LogP contribution in [-0.2, 0) is 11.2 Å². The highest BCUT2D eigenvalue weighted by atomic mass is 16.2. The van der Waals surface area contributed by atoms with Gasteiger partial charge in [0, 0.05) is 17.6 Å². The number of rotatable bonds is 7. The first-order chi connectivity index (χ1) is 9.46. The number of unbranched alkanes of at least 4 members (excludes halogenated alkanes) is 1. The van der Waals surface area contributed by atoms with Gasteiger partial charge in [-0.25, -0.2) is 0 Å². The van der Waals surface area contributed by atoms with Crippen LogP contribution in [0.15, 0.2) is 24.3 Å². The fraction of sp³-hybridized carbons (Fsp3) is 0.611. The molecule has 0 saturated carbocycles. The monoisotopic (exact) mass is 275 g/mol. The van der Waals surface area contributed by atoms with Gasteiger partial charge in [-0.2, -0.15) is 0 Å². The molecule has 0 radical (unpaired) electrons. The van der Waals surface area contributed by atoms with E-state index in [0.717, 1.165) is 37.9 Å². The molecule has 0 aromatic heterocycles. The molecule has 0 unspecified atom stereocenters. The van der Waals surface area contributed by atoms with Gasteiger partial charge in [0.05, 0.1) is 0 Å². The Bertz CT molecular complexity index is 437. The first kappa shape index (κ1) is 16.7. The van der Waals surface area contributed by atoms with Gasteiger partial charge in [-0.05, 0) is 37.0 Å². The van der Waals surface area contributed by atoms with Crippen molar-refractivity contribution in [2.24, 2.45) is 5.41 Å². The Hall–Kier alpha value is -1.31. The molecule has 1 aromatic rings. The van der Waals surface area contributed by atoms with Crippen LogP contribution in [0.4, 0.5) is 5.69 Å². The van der Waals surface area contributed by atoms with Crippen molar-refractivity contribution >= 4 is 11.6 Å².